The van der Waals surface area contributed by atoms with E-state index in [4.69, 9.17) is 28.9 Å². The first-order valence-corrected chi connectivity index (χ1v) is 24.9. The van der Waals surface area contributed by atoms with Gasteiger partial charge in [-0.3, -0.25) is 9.59 Å². The number of methoxy groups -OCH3 is 2. The minimum atomic E-state index is -0.686. The number of nitrogens with one attached hydrogen (secondary N) is 4. The van der Waals surface area contributed by atoms with Crippen LogP contribution in [0.2, 0.25) is 0 Å². The number of alkyl carbamates (subject to hydrolysis) is 2. The smallest absolute Gasteiger partial charge is 0.407 e. The predicted molar refractivity (Wildman–Crippen MR) is 256 cm³/mol. The molecule has 362 valence electrons. The summed E-state index contributed by atoms with van der Waals surface area (Å²) in [4.78, 5) is 74.8. The molecule has 3 aromatic carbocycles. The lowest BCUT2D eigenvalue weighted by Gasteiger charge is -2.43. The topological polar surface area (TPSA) is 193 Å². The van der Waals surface area contributed by atoms with Crippen molar-refractivity contribution >= 4 is 34.8 Å². The Morgan fingerprint density at radius 3 is 1.80 bits per heavy atom. The number of amides is 4. The van der Waals surface area contributed by atoms with Crippen molar-refractivity contribution in [2.75, 3.05) is 47.2 Å². The van der Waals surface area contributed by atoms with Crippen LogP contribution in [0.15, 0.2) is 73.1 Å². The Balaban J connectivity index is 0.783. The van der Waals surface area contributed by atoms with Crippen LogP contribution in [0.3, 0.4) is 0 Å². The third-order valence-corrected chi connectivity index (χ3v) is 16.2. The number of likely N-dealkylation sites (tertiary alicyclic amines) is 2. The maximum atomic E-state index is 14.6. The number of hydrogen-bond acceptors (Lipinski definition) is 10. The Morgan fingerprint density at radius 2 is 1.19 bits per heavy atom. The van der Waals surface area contributed by atoms with Crippen LogP contribution in [0.4, 0.5) is 9.59 Å². The molecular formula is C53H62N8O8. The first-order chi connectivity index (χ1) is 33.7. The second-order valence-electron chi connectivity index (χ2n) is 20.4. The molecule has 4 aliphatic heterocycles. The van der Waals surface area contributed by atoms with Crippen LogP contribution < -0.4 is 10.6 Å². The molecule has 0 radical (unpaired) electrons. The van der Waals surface area contributed by atoms with Crippen LogP contribution in [-0.4, -0.2) is 119 Å². The summed E-state index contributed by atoms with van der Waals surface area (Å²) in [6, 6.07) is 19.7. The monoisotopic (exact) mass is 938 g/mol. The molecule has 2 aliphatic carbocycles. The Bertz CT molecular complexity index is 2700. The molecule has 6 heterocycles. The molecular weight excluding hydrogens is 877 g/mol. The van der Waals surface area contributed by atoms with Gasteiger partial charge in [0.1, 0.15) is 23.7 Å². The molecule has 6 atom stereocenters. The van der Waals surface area contributed by atoms with Crippen LogP contribution in [0.25, 0.3) is 44.4 Å². The highest BCUT2D eigenvalue weighted by Gasteiger charge is 2.55. The Kier molecular flexibility index (Phi) is 12.4. The SMILES string of the molecule is COC(=O)N[C@H](C(=O)N1C2CCC(C2)CC1c1ncc(-c2ccc(-c3ccc4cc(-c5cnc([C@@H]6CC7(CC7)CN6C(=O)[C@@H](NC(=O)OC)C6CCOCC6)[nH]5)ccc4c3)cc2)[nH]1)C1CCOCC1. The summed E-state index contributed by atoms with van der Waals surface area (Å²) < 4.78 is 21.1. The standard InChI is InChI=1S/C53H62N8O8/c1-66-51(64)58-45(34-13-19-68-20-14-34)49(62)60-30-53(17-18-53)27-44(60)48-55-29-42(57-48)39-11-10-37-25-36(8-9-38(37)26-39)32-4-6-33(7-5-32)41-28-54-47(56-41)43-24-31-3-12-40(23-31)61(43)50(63)46(59-52(65)67-2)35-15-21-69-22-16-35/h4-11,25-26,28-29,31,34-35,40,43-46H,3,12-24,27,30H2,1-2H3,(H,54,56)(H,55,57)(H,58,64)(H,59,65)/t31?,40?,43?,44-,45-,46-/m0/s1. The van der Waals surface area contributed by atoms with Crippen LogP contribution in [0, 0.1) is 23.2 Å². The summed E-state index contributed by atoms with van der Waals surface area (Å²) in [5.41, 5.74) is 6.07. The van der Waals surface area contributed by atoms with E-state index in [0.29, 0.717) is 64.6 Å². The lowest BCUT2D eigenvalue weighted by atomic mass is 9.87. The van der Waals surface area contributed by atoms with E-state index < -0.39 is 24.3 Å². The summed E-state index contributed by atoms with van der Waals surface area (Å²) in [6.45, 7) is 2.91. The quantitative estimate of drug-likeness (QED) is 0.101. The third kappa shape index (κ3) is 9.08. The maximum Gasteiger partial charge on any atom is 0.407 e. The zero-order valence-corrected chi connectivity index (χ0v) is 39.4. The van der Waals surface area contributed by atoms with Crippen molar-refractivity contribution in [3.8, 4) is 33.6 Å². The molecule has 16 nitrogen and oxygen atoms in total. The number of carbonyl (C=O) groups excluding carboxylic acids is 4. The van der Waals surface area contributed by atoms with Crippen molar-refractivity contribution in [1.29, 1.82) is 0 Å². The van der Waals surface area contributed by atoms with Crippen molar-refractivity contribution in [3.05, 3.63) is 84.7 Å². The first-order valence-electron chi connectivity index (χ1n) is 24.9. The maximum absolute atomic E-state index is 14.6. The number of aromatic amines is 2. The molecule has 16 heteroatoms. The number of rotatable bonds is 11. The zero-order chi connectivity index (χ0) is 47.2. The molecule has 5 aromatic rings. The number of fused-ring (bicyclic) bond motifs is 3. The molecule has 3 unspecified atom stereocenters. The van der Waals surface area contributed by atoms with Gasteiger partial charge in [0.05, 0.1) is 50.1 Å². The third-order valence-electron chi connectivity index (χ3n) is 16.2. The van der Waals surface area contributed by atoms with Crippen molar-refractivity contribution in [2.24, 2.45) is 23.2 Å². The molecule has 6 fully saturated rings. The van der Waals surface area contributed by atoms with Crippen LogP contribution in [0.1, 0.15) is 94.4 Å². The van der Waals surface area contributed by atoms with Crippen molar-refractivity contribution < 1.29 is 38.1 Å². The van der Waals surface area contributed by atoms with Gasteiger partial charge in [-0.2, -0.15) is 0 Å². The highest BCUT2D eigenvalue weighted by molar-refractivity contribution is 5.91. The minimum Gasteiger partial charge on any atom is -0.453 e. The highest BCUT2D eigenvalue weighted by Crippen LogP contribution is 2.58. The summed E-state index contributed by atoms with van der Waals surface area (Å²) in [6.07, 6.45) is 12.2. The number of carbonyl (C=O) groups is 4. The summed E-state index contributed by atoms with van der Waals surface area (Å²) in [7, 11) is 2.66. The fraction of sp³-hybridized carbons (Fsp3) is 0.509. The molecule has 4 amide bonds. The molecule has 11 rings (SSSR count). The second kappa shape index (κ2) is 18.9. The molecule has 2 aromatic heterocycles. The van der Waals surface area contributed by atoms with Gasteiger partial charge in [0.25, 0.3) is 0 Å². The lowest BCUT2D eigenvalue weighted by Crippen LogP contribution is -2.57. The molecule has 69 heavy (non-hydrogen) atoms. The average Bonchev–Trinajstić information content (AvgIpc) is 3.86. The van der Waals surface area contributed by atoms with Gasteiger partial charge in [-0.05, 0) is 133 Å². The molecule has 6 aliphatic rings. The number of piperidine rings is 1. The zero-order valence-electron chi connectivity index (χ0n) is 39.4. The number of ether oxygens (including phenoxy) is 4. The van der Waals surface area contributed by atoms with Gasteiger partial charge in [-0.15, -0.1) is 0 Å². The van der Waals surface area contributed by atoms with Crippen LogP contribution in [-0.2, 0) is 28.5 Å². The number of benzene rings is 3. The predicted octanol–water partition coefficient (Wildman–Crippen LogP) is 8.09. The van der Waals surface area contributed by atoms with Gasteiger partial charge < -0.3 is 49.3 Å². The van der Waals surface area contributed by atoms with Gasteiger partial charge in [-0.1, -0.05) is 48.5 Å². The normalized spacial score (nSPS) is 24.3. The number of aromatic nitrogens is 4. The Labute approximate surface area is 401 Å². The summed E-state index contributed by atoms with van der Waals surface area (Å²) in [5, 5.41) is 7.98. The van der Waals surface area contributed by atoms with E-state index in [0.717, 1.165) is 101 Å². The number of imidazole rings is 2. The van der Waals surface area contributed by atoms with Crippen molar-refractivity contribution in [2.45, 2.75) is 101 Å². The van der Waals surface area contributed by atoms with Gasteiger partial charge in [-0.25, -0.2) is 19.6 Å². The fourth-order valence-corrected chi connectivity index (χ4v) is 12.2. The van der Waals surface area contributed by atoms with E-state index in [1.165, 1.54) is 14.2 Å². The lowest BCUT2D eigenvalue weighted by molar-refractivity contribution is -0.143. The van der Waals surface area contributed by atoms with E-state index in [1.807, 2.05) is 22.2 Å². The van der Waals surface area contributed by atoms with Gasteiger partial charge in [0.15, 0.2) is 0 Å². The van der Waals surface area contributed by atoms with Gasteiger partial charge in [0.2, 0.25) is 11.8 Å². The fourth-order valence-electron chi connectivity index (χ4n) is 12.2. The van der Waals surface area contributed by atoms with E-state index in [2.05, 4.69) is 81.3 Å². The Morgan fingerprint density at radius 1 is 0.652 bits per heavy atom. The number of nitrogens with zero attached hydrogens (tertiary/aromatic N) is 4. The molecule has 4 N–H and O–H groups in total. The van der Waals surface area contributed by atoms with Crippen molar-refractivity contribution in [3.63, 3.8) is 0 Å². The van der Waals surface area contributed by atoms with Gasteiger partial charge >= 0.3 is 12.2 Å². The Hall–Kier alpha value is -6.26. The van der Waals surface area contributed by atoms with Crippen molar-refractivity contribution in [1.82, 2.24) is 40.4 Å². The van der Waals surface area contributed by atoms with Gasteiger partial charge in [0, 0.05) is 44.6 Å². The van der Waals surface area contributed by atoms with Crippen LogP contribution >= 0.6 is 0 Å². The average molecular weight is 939 g/mol. The molecule has 4 saturated heterocycles. The summed E-state index contributed by atoms with van der Waals surface area (Å²) >= 11 is 0. The minimum absolute atomic E-state index is 0.0292. The first kappa shape index (κ1) is 45.2. The largest absolute Gasteiger partial charge is 0.453 e. The van der Waals surface area contributed by atoms with E-state index in [-0.39, 0.29) is 47.2 Å². The molecule has 1 spiro atoms. The summed E-state index contributed by atoms with van der Waals surface area (Å²) in [5.74, 6) is 1.86. The number of H-pyrrole nitrogens is 2. The highest BCUT2D eigenvalue weighted by atomic mass is 16.5. The molecule has 2 saturated carbocycles. The van der Waals surface area contributed by atoms with E-state index in [9.17, 15) is 19.2 Å². The second-order valence-corrected chi connectivity index (χ2v) is 20.4. The van der Waals surface area contributed by atoms with Crippen LogP contribution in [0.5, 0.6) is 0 Å². The molecule has 2 bridgehead atoms. The number of hydrogen-bond donors (Lipinski definition) is 4. The van der Waals surface area contributed by atoms with E-state index >= 15 is 0 Å². The van der Waals surface area contributed by atoms with E-state index in [1.54, 1.807) is 0 Å².